The van der Waals surface area contributed by atoms with E-state index in [1.807, 2.05) is 0 Å². The van der Waals surface area contributed by atoms with Crippen molar-refractivity contribution in [2.75, 3.05) is 7.11 Å². The van der Waals surface area contributed by atoms with E-state index in [2.05, 4.69) is 0 Å². The van der Waals surface area contributed by atoms with Gasteiger partial charge in [-0.25, -0.2) is 0 Å². The van der Waals surface area contributed by atoms with Crippen molar-refractivity contribution in [1.82, 2.24) is 0 Å². The first-order valence-electron chi connectivity index (χ1n) is 13.1. The molecule has 11 heteroatoms. The fraction of sp³-hybridized carbons (Fsp3) is 0.226. The van der Waals surface area contributed by atoms with Crippen LogP contribution in [0.5, 0.6) is 51.7 Å². The predicted molar refractivity (Wildman–Crippen MR) is 147 cm³/mol. The van der Waals surface area contributed by atoms with E-state index in [4.69, 9.17) is 14.2 Å². The molecular formula is C31H28O11. The zero-order valence-electron chi connectivity index (χ0n) is 22.2. The summed E-state index contributed by atoms with van der Waals surface area (Å²) in [6.45, 7) is 0. The van der Waals surface area contributed by atoms with E-state index in [-0.39, 0.29) is 69.1 Å². The van der Waals surface area contributed by atoms with Gasteiger partial charge in [0, 0.05) is 41.2 Å². The Morgan fingerprint density at radius 2 is 1.40 bits per heavy atom. The van der Waals surface area contributed by atoms with Crippen molar-refractivity contribution >= 4 is 0 Å². The molecule has 0 radical (unpaired) electrons. The van der Waals surface area contributed by atoms with E-state index in [0.717, 1.165) is 6.07 Å². The Bertz CT molecular complexity index is 1680. The number of methoxy groups -OCH3 is 1. The van der Waals surface area contributed by atoms with Crippen LogP contribution in [0.25, 0.3) is 0 Å². The molecule has 5 atom stereocenters. The highest BCUT2D eigenvalue weighted by molar-refractivity contribution is 5.64. The normalized spacial score (nSPS) is 22.8. The number of phenolic OH excluding ortho intramolecular Hbond substituents is 6. The fourth-order valence-corrected chi connectivity index (χ4v) is 5.77. The Kier molecular flexibility index (Phi) is 6.55. The van der Waals surface area contributed by atoms with Gasteiger partial charge in [-0.1, -0.05) is 18.2 Å². The lowest BCUT2D eigenvalue weighted by molar-refractivity contribution is -0.00244. The minimum Gasteiger partial charge on any atom is -0.508 e. The molecule has 0 saturated heterocycles. The zero-order chi connectivity index (χ0) is 29.9. The molecule has 0 amide bonds. The predicted octanol–water partition coefficient (Wildman–Crippen LogP) is 3.59. The number of aliphatic hydroxyl groups is 2. The van der Waals surface area contributed by atoms with Gasteiger partial charge in [-0.05, 0) is 41.5 Å². The number of aliphatic hydroxyl groups excluding tert-OH is 2. The first-order chi connectivity index (χ1) is 20.1. The first kappa shape index (κ1) is 27.2. The van der Waals surface area contributed by atoms with Gasteiger partial charge in [-0.15, -0.1) is 0 Å². The highest BCUT2D eigenvalue weighted by Gasteiger charge is 2.46. The van der Waals surface area contributed by atoms with Gasteiger partial charge in [-0.2, -0.15) is 0 Å². The van der Waals surface area contributed by atoms with Crippen molar-refractivity contribution in [3.8, 4) is 51.7 Å². The molecule has 218 valence electrons. The minimum atomic E-state index is -1.41. The van der Waals surface area contributed by atoms with Crippen LogP contribution in [0.2, 0.25) is 0 Å². The lowest BCUT2D eigenvalue weighted by Gasteiger charge is -2.41. The number of benzene rings is 4. The third kappa shape index (κ3) is 4.39. The van der Waals surface area contributed by atoms with Crippen LogP contribution in [-0.2, 0) is 6.42 Å². The van der Waals surface area contributed by atoms with Crippen LogP contribution in [0.1, 0.15) is 45.9 Å². The summed E-state index contributed by atoms with van der Waals surface area (Å²) in [5.41, 5.74) is 1.44. The van der Waals surface area contributed by atoms with Gasteiger partial charge in [0.25, 0.3) is 0 Å². The average molecular weight is 577 g/mol. The van der Waals surface area contributed by atoms with Gasteiger partial charge < -0.3 is 55.1 Å². The smallest absolute Gasteiger partial charge is 0.160 e. The molecule has 6 rings (SSSR count). The summed E-state index contributed by atoms with van der Waals surface area (Å²) in [5.74, 6) is -2.36. The third-order valence-electron chi connectivity index (χ3n) is 7.79. The first-order valence-corrected chi connectivity index (χ1v) is 13.1. The van der Waals surface area contributed by atoms with Crippen LogP contribution in [0.15, 0.2) is 60.7 Å². The van der Waals surface area contributed by atoms with Crippen molar-refractivity contribution in [3.63, 3.8) is 0 Å². The van der Waals surface area contributed by atoms with E-state index in [0.29, 0.717) is 11.1 Å². The Hall–Kier alpha value is -5.00. The maximum absolute atomic E-state index is 11.8. The van der Waals surface area contributed by atoms with Gasteiger partial charge in [0.1, 0.15) is 41.0 Å². The summed E-state index contributed by atoms with van der Waals surface area (Å²) < 4.78 is 17.6. The number of phenols is 6. The molecule has 0 aromatic heterocycles. The average Bonchev–Trinajstić information content (AvgIpc) is 2.95. The fourth-order valence-electron chi connectivity index (χ4n) is 5.77. The molecule has 4 aromatic rings. The third-order valence-corrected chi connectivity index (χ3v) is 7.79. The molecule has 0 fully saturated rings. The molecule has 2 heterocycles. The highest BCUT2D eigenvalue weighted by Crippen LogP contribution is 2.56. The number of aromatic hydroxyl groups is 6. The van der Waals surface area contributed by atoms with Crippen LogP contribution in [0, 0.1) is 0 Å². The molecule has 42 heavy (non-hydrogen) atoms. The Balaban J connectivity index is 1.53. The topological polar surface area (TPSA) is 190 Å². The van der Waals surface area contributed by atoms with Crippen LogP contribution < -0.4 is 14.2 Å². The van der Waals surface area contributed by atoms with E-state index < -0.39 is 36.1 Å². The summed E-state index contributed by atoms with van der Waals surface area (Å²) in [6, 6.07) is 13.7. The monoisotopic (exact) mass is 576 g/mol. The van der Waals surface area contributed by atoms with Gasteiger partial charge >= 0.3 is 0 Å². The zero-order valence-corrected chi connectivity index (χ0v) is 22.2. The second-order valence-corrected chi connectivity index (χ2v) is 10.4. The lowest BCUT2D eigenvalue weighted by Crippen LogP contribution is -2.37. The van der Waals surface area contributed by atoms with Crippen LogP contribution in [0.4, 0.5) is 0 Å². The number of hydrogen-bond donors (Lipinski definition) is 8. The maximum Gasteiger partial charge on any atom is 0.160 e. The number of hydrogen-bond acceptors (Lipinski definition) is 11. The minimum absolute atomic E-state index is 0.0501. The largest absolute Gasteiger partial charge is 0.508 e. The maximum atomic E-state index is 11.8. The molecular weight excluding hydrogens is 548 g/mol. The van der Waals surface area contributed by atoms with E-state index in [1.54, 1.807) is 6.07 Å². The summed E-state index contributed by atoms with van der Waals surface area (Å²) >= 11 is 0. The molecule has 0 saturated carbocycles. The number of fused-ring (bicyclic) bond motifs is 3. The van der Waals surface area contributed by atoms with Gasteiger partial charge in [0.05, 0.1) is 13.2 Å². The summed E-state index contributed by atoms with van der Waals surface area (Å²) in [6.07, 6.45) is -4.73. The molecule has 2 unspecified atom stereocenters. The quantitative estimate of drug-likeness (QED) is 0.166. The van der Waals surface area contributed by atoms with Gasteiger partial charge in [-0.3, -0.25) is 0 Å². The van der Waals surface area contributed by atoms with Crippen molar-refractivity contribution in [2.24, 2.45) is 0 Å². The van der Waals surface area contributed by atoms with Crippen molar-refractivity contribution < 1.29 is 55.1 Å². The molecule has 11 nitrogen and oxygen atoms in total. The van der Waals surface area contributed by atoms with Crippen LogP contribution in [0.3, 0.4) is 0 Å². The second-order valence-electron chi connectivity index (χ2n) is 10.4. The molecule has 0 spiro atoms. The molecule has 2 aliphatic rings. The SMILES string of the molecule is COc1ccc(C2Oc3c(c(O)cc4c3[C@H](c3ccc(O)cc3O)[C@H](O)C(c3ccc(O)c(O)c3)O4)C[C@@H]2O)cc1O. The van der Waals surface area contributed by atoms with Gasteiger partial charge in [0.15, 0.2) is 29.1 Å². The van der Waals surface area contributed by atoms with Crippen molar-refractivity contribution in [1.29, 1.82) is 0 Å². The van der Waals surface area contributed by atoms with Crippen molar-refractivity contribution in [3.05, 3.63) is 88.5 Å². The summed E-state index contributed by atoms with van der Waals surface area (Å²) in [4.78, 5) is 0. The van der Waals surface area contributed by atoms with Crippen LogP contribution in [-0.4, -0.2) is 60.2 Å². The Morgan fingerprint density at radius 3 is 2.10 bits per heavy atom. The second kappa shape index (κ2) is 10.1. The Morgan fingerprint density at radius 1 is 0.690 bits per heavy atom. The van der Waals surface area contributed by atoms with Gasteiger partial charge in [0.2, 0.25) is 0 Å². The number of rotatable bonds is 4. The van der Waals surface area contributed by atoms with E-state index in [1.165, 1.54) is 55.6 Å². The summed E-state index contributed by atoms with van der Waals surface area (Å²) in [7, 11) is 1.41. The van der Waals surface area contributed by atoms with Crippen molar-refractivity contribution in [2.45, 2.75) is 36.8 Å². The number of ether oxygens (including phenoxy) is 3. The molecule has 4 aromatic carbocycles. The molecule has 8 N–H and O–H groups in total. The van der Waals surface area contributed by atoms with E-state index >= 15 is 0 Å². The van der Waals surface area contributed by atoms with Crippen LogP contribution >= 0.6 is 0 Å². The van der Waals surface area contributed by atoms with E-state index in [9.17, 15) is 40.9 Å². The standard InChI is InChI=1S/C31H28O11/c1-40-24-7-3-13(9-22(24)37)29-23(38)11-17-20(35)12-25-27(31(17)42-29)26(16-5-4-15(32)10-19(16)34)28(39)30(41-25)14-2-6-18(33)21(36)8-14/h2-10,12,23,26,28-30,32-39H,11H2,1H3/t23-,26-,28-,29?,30?/m0/s1. The molecule has 2 aliphatic heterocycles. The Labute approximate surface area is 239 Å². The lowest BCUT2D eigenvalue weighted by atomic mass is 9.77. The molecule has 0 aliphatic carbocycles. The molecule has 0 bridgehead atoms. The highest BCUT2D eigenvalue weighted by atomic mass is 16.5. The summed E-state index contributed by atoms with van der Waals surface area (Å²) in [5, 5.41) is 84.9.